The van der Waals surface area contributed by atoms with Crippen LogP contribution < -0.4 is 4.72 Å². The SMILES string of the molecule is CCCCCc1ccc(S(=O)(=O)NCc2ccc(C(F)(F)F)cc2F)cc1. The minimum atomic E-state index is -4.66. The number of halogens is 4. The summed E-state index contributed by atoms with van der Waals surface area (Å²) in [5.74, 6) is -1.11. The molecule has 2 rings (SSSR count). The van der Waals surface area contributed by atoms with Crippen LogP contribution in [0.5, 0.6) is 0 Å². The van der Waals surface area contributed by atoms with Crippen LogP contribution in [0, 0.1) is 5.82 Å². The van der Waals surface area contributed by atoms with Crippen molar-refractivity contribution in [2.24, 2.45) is 0 Å². The van der Waals surface area contributed by atoms with E-state index in [-0.39, 0.29) is 10.5 Å². The molecule has 0 atom stereocenters. The highest BCUT2D eigenvalue weighted by atomic mass is 32.2. The van der Waals surface area contributed by atoms with Crippen molar-refractivity contribution < 1.29 is 26.0 Å². The first-order valence-electron chi connectivity index (χ1n) is 8.57. The normalized spacial score (nSPS) is 12.3. The minimum Gasteiger partial charge on any atom is -0.207 e. The maximum absolute atomic E-state index is 13.8. The Bertz CT molecular complexity index is 862. The second kappa shape index (κ2) is 8.84. The van der Waals surface area contributed by atoms with E-state index < -0.39 is 34.1 Å². The third kappa shape index (κ3) is 6.04. The second-order valence-electron chi connectivity index (χ2n) is 6.23. The van der Waals surface area contributed by atoms with Crippen molar-refractivity contribution in [3.8, 4) is 0 Å². The lowest BCUT2D eigenvalue weighted by atomic mass is 10.1. The number of benzene rings is 2. The number of hydrogen-bond donors (Lipinski definition) is 1. The fraction of sp³-hybridized carbons (Fsp3) is 0.368. The average molecular weight is 403 g/mol. The Hall–Kier alpha value is -1.93. The monoisotopic (exact) mass is 403 g/mol. The standard InChI is InChI=1S/C19H21F4NO2S/c1-2-3-4-5-14-6-10-17(11-7-14)27(25,26)24-13-15-8-9-16(12-18(15)20)19(21,22)23/h6-12,24H,2-5,13H2,1H3. The van der Waals surface area contributed by atoms with Gasteiger partial charge in [-0.25, -0.2) is 17.5 Å². The Morgan fingerprint density at radius 2 is 1.67 bits per heavy atom. The van der Waals surface area contributed by atoms with E-state index in [9.17, 15) is 26.0 Å². The highest BCUT2D eigenvalue weighted by molar-refractivity contribution is 7.89. The van der Waals surface area contributed by atoms with E-state index in [0.29, 0.717) is 6.07 Å². The van der Waals surface area contributed by atoms with Gasteiger partial charge in [0.15, 0.2) is 0 Å². The van der Waals surface area contributed by atoms with Crippen LogP contribution in [0.1, 0.15) is 42.9 Å². The molecule has 0 saturated carbocycles. The first kappa shape index (κ1) is 21.4. The van der Waals surface area contributed by atoms with Crippen LogP contribution in [0.4, 0.5) is 17.6 Å². The van der Waals surface area contributed by atoms with Crippen molar-refractivity contribution in [3.05, 3.63) is 65.0 Å². The predicted octanol–water partition coefficient (Wildman–Crippen LogP) is 5.06. The summed E-state index contributed by atoms with van der Waals surface area (Å²) in [4.78, 5) is 0.0223. The van der Waals surface area contributed by atoms with E-state index in [0.717, 1.165) is 43.4 Å². The van der Waals surface area contributed by atoms with Gasteiger partial charge in [0.1, 0.15) is 5.82 Å². The molecule has 0 fully saturated rings. The molecule has 27 heavy (non-hydrogen) atoms. The van der Waals surface area contributed by atoms with E-state index >= 15 is 0 Å². The first-order chi connectivity index (χ1) is 12.6. The van der Waals surface area contributed by atoms with E-state index in [2.05, 4.69) is 11.6 Å². The van der Waals surface area contributed by atoms with Crippen molar-refractivity contribution in [1.82, 2.24) is 4.72 Å². The molecule has 0 aromatic heterocycles. The molecule has 0 radical (unpaired) electrons. The van der Waals surface area contributed by atoms with E-state index in [1.807, 2.05) is 0 Å². The summed E-state index contributed by atoms with van der Waals surface area (Å²) < 4.78 is 78.3. The summed E-state index contributed by atoms with van der Waals surface area (Å²) in [7, 11) is -3.89. The second-order valence-corrected chi connectivity index (χ2v) is 8.00. The van der Waals surface area contributed by atoms with Gasteiger partial charge in [-0.05, 0) is 42.7 Å². The summed E-state index contributed by atoms with van der Waals surface area (Å²) in [6.45, 7) is 1.66. The zero-order valence-corrected chi connectivity index (χ0v) is 15.6. The molecule has 0 saturated heterocycles. The molecule has 2 aromatic carbocycles. The Labute approximate surface area is 156 Å². The van der Waals surface area contributed by atoms with Gasteiger partial charge in [0.25, 0.3) is 0 Å². The van der Waals surface area contributed by atoms with Crippen molar-refractivity contribution >= 4 is 10.0 Å². The quantitative estimate of drug-likeness (QED) is 0.495. The lowest BCUT2D eigenvalue weighted by Gasteiger charge is -2.11. The molecule has 3 nitrogen and oxygen atoms in total. The minimum absolute atomic E-state index is 0.0223. The summed E-state index contributed by atoms with van der Waals surface area (Å²) in [6, 6.07) is 8.38. The maximum Gasteiger partial charge on any atom is 0.416 e. The Kier molecular flexibility index (Phi) is 7.00. The molecule has 1 N–H and O–H groups in total. The molecule has 0 bridgehead atoms. The molecule has 148 valence electrons. The van der Waals surface area contributed by atoms with Gasteiger partial charge in [-0.2, -0.15) is 13.2 Å². The van der Waals surface area contributed by atoms with Crippen molar-refractivity contribution in [2.45, 2.75) is 50.2 Å². The molecular weight excluding hydrogens is 382 g/mol. The number of unbranched alkanes of at least 4 members (excludes halogenated alkanes) is 2. The van der Waals surface area contributed by atoms with E-state index in [1.54, 1.807) is 12.1 Å². The molecule has 0 aliphatic rings. The van der Waals surface area contributed by atoms with E-state index in [1.165, 1.54) is 12.1 Å². The Balaban J connectivity index is 2.04. The molecule has 0 spiro atoms. The van der Waals surface area contributed by atoms with Gasteiger partial charge in [-0.1, -0.05) is 38.0 Å². The van der Waals surface area contributed by atoms with E-state index in [4.69, 9.17) is 0 Å². The van der Waals surface area contributed by atoms with Crippen LogP contribution in [-0.2, 0) is 29.2 Å². The van der Waals surface area contributed by atoms with Gasteiger partial charge < -0.3 is 0 Å². The largest absolute Gasteiger partial charge is 0.416 e. The summed E-state index contributed by atoms with van der Waals surface area (Å²) >= 11 is 0. The number of aryl methyl sites for hydroxylation is 1. The van der Waals surface area contributed by atoms with Crippen LogP contribution in [0.15, 0.2) is 47.4 Å². The molecular formula is C19H21F4NO2S. The highest BCUT2D eigenvalue weighted by Crippen LogP contribution is 2.30. The third-order valence-electron chi connectivity index (χ3n) is 4.14. The number of rotatable bonds is 8. The molecule has 2 aromatic rings. The summed E-state index contributed by atoms with van der Waals surface area (Å²) in [5.41, 5.74) is -0.260. The van der Waals surface area contributed by atoms with Crippen LogP contribution in [0.3, 0.4) is 0 Å². The fourth-order valence-electron chi connectivity index (χ4n) is 2.54. The number of nitrogens with one attached hydrogen (secondary N) is 1. The van der Waals surface area contributed by atoms with Gasteiger partial charge in [-0.15, -0.1) is 0 Å². The zero-order chi connectivity index (χ0) is 20.1. The number of hydrogen-bond acceptors (Lipinski definition) is 2. The highest BCUT2D eigenvalue weighted by Gasteiger charge is 2.31. The summed E-state index contributed by atoms with van der Waals surface area (Å²) in [5, 5.41) is 0. The number of alkyl halides is 3. The van der Waals surface area contributed by atoms with Gasteiger partial charge in [0.05, 0.1) is 10.5 Å². The van der Waals surface area contributed by atoms with Gasteiger partial charge in [-0.3, -0.25) is 0 Å². The maximum atomic E-state index is 13.8. The molecule has 8 heteroatoms. The van der Waals surface area contributed by atoms with Gasteiger partial charge in [0.2, 0.25) is 10.0 Å². The van der Waals surface area contributed by atoms with Gasteiger partial charge in [0, 0.05) is 12.1 Å². The zero-order valence-electron chi connectivity index (χ0n) is 14.8. The summed E-state index contributed by atoms with van der Waals surface area (Å²) in [6.07, 6.45) is -0.582. The Morgan fingerprint density at radius 1 is 1.00 bits per heavy atom. The third-order valence-corrected chi connectivity index (χ3v) is 5.55. The van der Waals surface area contributed by atoms with Gasteiger partial charge >= 0.3 is 6.18 Å². The average Bonchev–Trinajstić information content (AvgIpc) is 2.60. The molecule has 0 unspecified atom stereocenters. The predicted molar refractivity (Wildman–Crippen MR) is 95.1 cm³/mol. The van der Waals surface area contributed by atoms with Crippen molar-refractivity contribution in [3.63, 3.8) is 0 Å². The van der Waals surface area contributed by atoms with Crippen molar-refractivity contribution in [1.29, 1.82) is 0 Å². The smallest absolute Gasteiger partial charge is 0.207 e. The Morgan fingerprint density at radius 3 is 2.22 bits per heavy atom. The van der Waals surface area contributed by atoms with Crippen LogP contribution in [0.25, 0.3) is 0 Å². The molecule has 0 heterocycles. The number of sulfonamides is 1. The molecule has 0 aliphatic heterocycles. The lowest BCUT2D eigenvalue weighted by Crippen LogP contribution is -2.24. The lowest BCUT2D eigenvalue weighted by molar-refractivity contribution is -0.137. The molecule has 0 amide bonds. The fourth-order valence-corrected chi connectivity index (χ4v) is 3.54. The topological polar surface area (TPSA) is 46.2 Å². The van der Waals surface area contributed by atoms with Crippen LogP contribution in [0.2, 0.25) is 0 Å². The first-order valence-corrected chi connectivity index (χ1v) is 10.1. The molecule has 0 aliphatic carbocycles. The van der Waals surface area contributed by atoms with Crippen molar-refractivity contribution in [2.75, 3.05) is 0 Å². The van der Waals surface area contributed by atoms with Crippen LogP contribution >= 0.6 is 0 Å². The van der Waals surface area contributed by atoms with Crippen LogP contribution in [-0.4, -0.2) is 8.42 Å².